The summed E-state index contributed by atoms with van der Waals surface area (Å²) in [5.41, 5.74) is 9.66. The predicted octanol–water partition coefficient (Wildman–Crippen LogP) is 2.78. The van der Waals surface area contributed by atoms with E-state index < -0.39 is 31.1 Å². The van der Waals surface area contributed by atoms with Crippen LogP contribution in [-0.4, -0.2) is 55.2 Å². The van der Waals surface area contributed by atoms with Crippen LogP contribution in [0.25, 0.3) is 4.13 Å². The van der Waals surface area contributed by atoms with Crippen molar-refractivity contribution in [2.24, 2.45) is 0 Å². The number of halogens is 6. The zero-order chi connectivity index (χ0) is 25.9. The van der Waals surface area contributed by atoms with Crippen LogP contribution >= 0.6 is 0 Å². The highest BCUT2D eigenvalue weighted by atomic mass is 32.3. The second-order valence-corrected chi connectivity index (χ2v) is 8.22. The highest BCUT2D eigenvalue weighted by Crippen LogP contribution is 2.36. The quantitative estimate of drug-likeness (QED) is 0.271. The van der Waals surface area contributed by atoms with Gasteiger partial charge in [-0.1, -0.05) is 10.3 Å². The molecule has 0 aliphatic carbocycles. The van der Waals surface area contributed by atoms with Gasteiger partial charge in [0, 0.05) is 5.73 Å². The van der Waals surface area contributed by atoms with E-state index in [1.54, 1.807) is 24.0 Å². The normalized spacial score (nSPS) is 12.2. The van der Waals surface area contributed by atoms with Gasteiger partial charge in [0.05, 0.1) is 5.73 Å². The molecule has 33 heavy (non-hydrogen) atoms. The molecule has 1 N–H and O–H groups in total. The second-order valence-electron chi connectivity index (χ2n) is 4.80. The Hall–Kier alpha value is -3.88. The van der Waals surface area contributed by atoms with Gasteiger partial charge < -0.3 is 9.23 Å². The van der Waals surface area contributed by atoms with E-state index in [1.165, 1.54) is 4.58 Å². The van der Waals surface area contributed by atoms with E-state index in [0.29, 0.717) is 0 Å². The summed E-state index contributed by atoms with van der Waals surface area (Å²) in [6.07, 6.45) is 3.35. The summed E-state index contributed by atoms with van der Waals surface area (Å²) < 4.78 is 112. The van der Waals surface area contributed by atoms with Crippen molar-refractivity contribution in [1.29, 1.82) is 0 Å². The molecule has 0 unspecified atom stereocenters. The van der Waals surface area contributed by atoms with Crippen molar-refractivity contribution < 1.29 is 57.4 Å². The molecule has 0 saturated carbocycles. The molecule has 0 atom stereocenters. The first-order valence-corrected chi connectivity index (χ1v) is 10.2. The third kappa shape index (κ3) is 10.3. The first-order valence-electron chi connectivity index (χ1n) is 7.37. The average Bonchev–Trinajstić information content (AvgIpc) is 3.08. The molecule has 16 heteroatoms. The maximum atomic E-state index is 11.4. The summed E-state index contributed by atoms with van der Waals surface area (Å²) in [4.78, 5) is 0. The maximum Gasteiger partial charge on any atom is 0.498 e. The van der Waals surface area contributed by atoms with Gasteiger partial charge in [0.15, 0.2) is 27.1 Å². The van der Waals surface area contributed by atoms with Crippen LogP contribution in [-0.2, 0) is 20.0 Å². The van der Waals surface area contributed by atoms with Gasteiger partial charge in [0.2, 0.25) is 6.20 Å². The Balaban J connectivity index is 0.000000633. The SMILES string of the molecule is C=C=C=C=C=C=C=C=C=C=C(O)[N+]1=C=[N+](C)C=C1.O=S(=O)([N-]S(=O)(=O)C(F)(F)F)C(F)(F)F. The van der Waals surface area contributed by atoms with Crippen LogP contribution in [0, 0.1) is 0 Å². The van der Waals surface area contributed by atoms with Crippen molar-refractivity contribution in [3.05, 3.63) is 80.6 Å². The van der Waals surface area contributed by atoms with Crippen molar-refractivity contribution in [2.45, 2.75) is 11.0 Å². The Bertz CT molecular complexity index is 1430. The topological polar surface area (TPSA) is 109 Å². The molecule has 174 valence electrons. The molecule has 1 aliphatic rings. The van der Waals surface area contributed by atoms with Crippen molar-refractivity contribution in [1.82, 2.24) is 0 Å². The zero-order valence-electron chi connectivity index (χ0n) is 15.9. The van der Waals surface area contributed by atoms with Gasteiger partial charge in [-0.15, -0.1) is 0 Å². The van der Waals surface area contributed by atoms with Crippen LogP contribution in [0.5, 0.6) is 0 Å². The van der Waals surface area contributed by atoms with Gasteiger partial charge >= 0.3 is 22.9 Å². The van der Waals surface area contributed by atoms with Gasteiger partial charge in [0.25, 0.3) is 6.20 Å². The van der Waals surface area contributed by atoms with Crippen molar-refractivity contribution >= 4 is 26.1 Å². The minimum absolute atomic E-state index is 0.154. The smallest absolute Gasteiger partial charge is 0.452 e. The lowest BCUT2D eigenvalue weighted by Crippen LogP contribution is -2.30. The Morgan fingerprint density at radius 2 is 1.30 bits per heavy atom. The fourth-order valence-electron chi connectivity index (χ4n) is 1.08. The molecule has 1 rings (SSSR count). The van der Waals surface area contributed by atoms with Gasteiger partial charge in [-0.25, -0.2) is 16.8 Å². The monoisotopic (exact) mass is 512 g/mol. The summed E-state index contributed by atoms with van der Waals surface area (Å²) >= 11 is 0. The van der Waals surface area contributed by atoms with Crippen LogP contribution < -0.4 is 0 Å². The Morgan fingerprint density at radius 1 is 0.879 bits per heavy atom. The number of aliphatic hydroxyl groups is 1. The molecule has 0 aromatic carbocycles. The molecular formula is C17H8F6N3O5S2+. The van der Waals surface area contributed by atoms with Crippen LogP contribution in [0.2, 0.25) is 0 Å². The van der Waals surface area contributed by atoms with Crippen molar-refractivity contribution in [3.8, 4) is 0 Å². The molecule has 1 heterocycles. The standard InChI is InChI=1S/C15H7N2O.C2F6NO4S2/c1-3-4-5-6-7-8-9-10-11-15(18)17-13-12-16(2)14-17;3-1(4,5)14(10,11)9-15(12,13)2(6,7)8/h12-13H,1H2,2H3;/q+1;-1/p+1. The van der Waals surface area contributed by atoms with Crippen LogP contribution in [0.4, 0.5) is 26.3 Å². The predicted molar refractivity (Wildman–Crippen MR) is 97.3 cm³/mol. The summed E-state index contributed by atoms with van der Waals surface area (Å²) in [6, 6.07) is 2.79. The molecule has 0 aromatic rings. The summed E-state index contributed by atoms with van der Waals surface area (Å²) in [5.74, 6) is -0.154. The van der Waals surface area contributed by atoms with E-state index in [-0.39, 0.29) is 5.88 Å². The number of aliphatic hydroxyl groups excluding tert-OH is 1. The summed E-state index contributed by atoms with van der Waals surface area (Å²) in [7, 11) is -11.7. The minimum Gasteiger partial charge on any atom is -0.452 e. The summed E-state index contributed by atoms with van der Waals surface area (Å²) in [5, 5.41) is 9.53. The van der Waals surface area contributed by atoms with Crippen LogP contribution in [0.15, 0.2) is 76.4 Å². The van der Waals surface area contributed by atoms with Gasteiger partial charge in [-0.05, 0) is 45.5 Å². The Kier molecular flexibility index (Phi) is 10.3. The molecule has 0 radical (unpaired) electrons. The lowest BCUT2D eigenvalue weighted by molar-refractivity contribution is -0.456. The Morgan fingerprint density at radius 3 is 1.67 bits per heavy atom. The molecule has 0 aromatic heterocycles. The van der Waals surface area contributed by atoms with Gasteiger partial charge in [-0.3, -0.25) is 0 Å². The van der Waals surface area contributed by atoms with E-state index in [4.69, 9.17) is 0 Å². The highest BCUT2D eigenvalue weighted by molar-refractivity contribution is 8.13. The number of nitrogens with zero attached hydrogens (tertiary/aromatic N) is 3. The van der Waals surface area contributed by atoms with Gasteiger partial charge in [-0.2, -0.15) is 26.3 Å². The van der Waals surface area contributed by atoms with E-state index in [9.17, 15) is 48.3 Å². The summed E-state index contributed by atoms with van der Waals surface area (Å²) in [6.45, 7) is 3.30. The van der Waals surface area contributed by atoms with Crippen LogP contribution in [0.3, 0.4) is 0 Å². The third-order valence-corrected chi connectivity index (χ3v) is 5.09. The molecule has 0 fully saturated rings. The zero-order valence-corrected chi connectivity index (χ0v) is 17.5. The molecule has 0 spiro atoms. The lowest BCUT2D eigenvalue weighted by atomic mass is 10.6. The minimum atomic E-state index is -6.72. The molecule has 8 nitrogen and oxygen atoms in total. The molecular weight excluding hydrogens is 504 g/mol. The average molecular weight is 512 g/mol. The van der Waals surface area contributed by atoms with E-state index in [1.807, 2.05) is 0 Å². The van der Waals surface area contributed by atoms with E-state index in [2.05, 4.69) is 64.2 Å². The first kappa shape index (κ1) is 29.1. The maximum absolute atomic E-state index is 11.4. The molecule has 0 amide bonds. The number of hydrogen-bond acceptors (Lipinski definition) is 5. The largest absolute Gasteiger partial charge is 0.498 e. The Labute approximate surface area is 182 Å². The van der Waals surface area contributed by atoms with Crippen molar-refractivity contribution in [2.75, 3.05) is 7.05 Å². The molecule has 0 saturated heterocycles. The van der Waals surface area contributed by atoms with Crippen LogP contribution in [0.1, 0.15) is 0 Å². The lowest BCUT2D eigenvalue weighted by Gasteiger charge is -2.22. The number of hydrogen-bond donors (Lipinski definition) is 1. The van der Waals surface area contributed by atoms with Gasteiger partial charge in [0.1, 0.15) is 0 Å². The molecule has 1 aliphatic heterocycles. The number of alkyl halides is 6. The number of sulfonamides is 2. The highest BCUT2D eigenvalue weighted by Gasteiger charge is 2.46. The third-order valence-electron chi connectivity index (χ3n) is 2.35. The fraction of sp³-hybridized carbons (Fsp3) is 0.176. The van der Waals surface area contributed by atoms with Crippen molar-refractivity contribution in [3.63, 3.8) is 0 Å². The first-order chi connectivity index (χ1) is 14.9. The van der Waals surface area contributed by atoms with E-state index >= 15 is 0 Å². The van der Waals surface area contributed by atoms with E-state index in [0.717, 1.165) is 4.13 Å². The number of rotatable bonds is 3. The fourth-order valence-corrected chi connectivity index (χ4v) is 2.79. The molecule has 0 bridgehead atoms. The second kappa shape index (κ2) is 11.7.